The molecule has 0 unspecified atom stereocenters. The Morgan fingerprint density at radius 3 is 2.26 bits per heavy atom. The third-order valence-corrected chi connectivity index (χ3v) is 4.05. The van der Waals surface area contributed by atoms with Crippen molar-refractivity contribution >= 4 is 5.57 Å². The monoisotopic (exact) mass is 312 g/mol. The van der Waals surface area contributed by atoms with Crippen LogP contribution in [-0.2, 0) is 0 Å². The van der Waals surface area contributed by atoms with E-state index in [-0.39, 0.29) is 11.6 Å². The van der Waals surface area contributed by atoms with Gasteiger partial charge in [-0.05, 0) is 56.0 Å². The first-order valence-electron chi connectivity index (χ1n) is 7.83. The summed E-state index contributed by atoms with van der Waals surface area (Å²) in [6, 6.07) is 12.6. The van der Waals surface area contributed by atoms with Crippen molar-refractivity contribution in [3.05, 3.63) is 76.9 Å². The van der Waals surface area contributed by atoms with Crippen molar-refractivity contribution in [1.29, 1.82) is 0 Å². The third kappa shape index (κ3) is 4.16. The Kier molecular flexibility index (Phi) is 5.49. The van der Waals surface area contributed by atoms with Gasteiger partial charge in [0.15, 0.2) is 0 Å². The van der Waals surface area contributed by atoms with Crippen LogP contribution in [0.4, 0.5) is 8.78 Å². The smallest absolute Gasteiger partial charge is 0.131 e. The second kappa shape index (κ2) is 7.36. The summed E-state index contributed by atoms with van der Waals surface area (Å²) in [5.41, 5.74) is 4.46. The average molecular weight is 312 g/mol. The topological polar surface area (TPSA) is 0 Å². The number of allylic oxidation sites excluding steroid dienone is 4. The minimum atomic E-state index is -0.338. The number of aryl methyl sites for hydroxylation is 1. The van der Waals surface area contributed by atoms with E-state index in [1.54, 1.807) is 19.1 Å². The zero-order valence-electron chi connectivity index (χ0n) is 14.1. The molecule has 0 aliphatic rings. The van der Waals surface area contributed by atoms with E-state index in [4.69, 9.17) is 0 Å². The number of hydrogen-bond donors (Lipinski definition) is 0. The Hall–Kier alpha value is -2.22. The lowest BCUT2D eigenvalue weighted by molar-refractivity contribution is 0.630. The van der Waals surface area contributed by atoms with Gasteiger partial charge in [0.05, 0.1) is 0 Å². The second-order valence-corrected chi connectivity index (χ2v) is 5.88. The van der Waals surface area contributed by atoms with Crippen LogP contribution in [-0.4, -0.2) is 0 Å². The van der Waals surface area contributed by atoms with Crippen LogP contribution in [0, 0.1) is 12.7 Å². The van der Waals surface area contributed by atoms with Gasteiger partial charge in [-0.25, -0.2) is 8.78 Å². The van der Waals surface area contributed by atoms with Gasteiger partial charge in [-0.15, -0.1) is 0 Å². The van der Waals surface area contributed by atoms with E-state index in [1.807, 2.05) is 45.0 Å². The molecule has 0 atom stereocenters. The Bertz CT molecular complexity index is 750. The molecular weight excluding hydrogens is 290 g/mol. The molecule has 2 heteroatoms. The van der Waals surface area contributed by atoms with Crippen molar-refractivity contribution in [2.45, 2.75) is 34.1 Å². The van der Waals surface area contributed by atoms with Gasteiger partial charge in [0.1, 0.15) is 11.6 Å². The van der Waals surface area contributed by atoms with Crippen LogP contribution in [0.1, 0.15) is 38.3 Å². The Morgan fingerprint density at radius 2 is 1.70 bits per heavy atom. The molecule has 0 N–H and O–H groups in total. The summed E-state index contributed by atoms with van der Waals surface area (Å²) in [6.07, 6.45) is 2.31. The quantitative estimate of drug-likeness (QED) is 0.541. The molecule has 0 spiro atoms. The van der Waals surface area contributed by atoms with E-state index in [1.165, 1.54) is 12.1 Å². The Labute approximate surface area is 137 Å². The molecule has 2 aromatic rings. The molecule has 0 saturated carbocycles. The fourth-order valence-electron chi connectivity index (χ4n) is 2.28. The molecule has 23 heavy (non-hydrogen) atoms. The van der Waals surface area contributed by atoms with E-state index >= 15 is 0 Å². The van der Waals surface area contributed by atoms with Crippen molar-refractivity contribution in [3.63, 3.8) is 0 Å². The molecule has 2 aromatic carbocycles. The summed E-state index contributed by atoms with van der Waals surface area (Å²) in [5.74, 6) is -0.651. The molecule has 0 aliphatic carbocycles. The predicted molar refractivity (Wildman–Crippen MR) is 94.3 cm³/mol. The molecule has 0 heterocycles. The van der Waals surface area contributed by atoms with E-state index in [2.05, 4.69) is 0 Å². The summed E-state index contributed by atoms with van der Waals surface area (Å²) in [4.78, 5) is 0. The predicted octanol–water partition coefficient (Wildman–Crippen LogP) is 6.86. The van der Waals surface area contributed by atoms with Gasteiger partial charge in [-0.2, -0.15) is 0 Å². The van der Waals surface area contributed by atoms with Crippen LogP contribution in [0.5, 0.6) is 0 Å². The molecule has 0 saturated heterocycles. The number of benzene rings is 2. The summed E-state index contributed by atoms with van der Waals surface area (Å²) in [7, 11) is 0. The molecule has 0 nitrogen and oxygen atoms in total. The maximum atomic E-state index is 14.4. The Morgan fingerprint density at radius 1 is 1.04 bits per heavy atom. The van der Waals surface area contributed by atoms with Crippen molar-refractivity contribution < 1.29 is 8.78 Å². The number of rotatable bonds is 4. The SMILES string of the molecule is CC/C(C)=C\C(F)=C(/C)c1ccc(-c2ccc(C)cc2)c(F)c1. The molecular formula is C21H22F2. The van der Waals surface area contributed by atoms with Crippen LogP contribution in [0.3, 0.4) is 0 Å². The zero-order valence-corrected chi connectivity index (χ0v) is 14.1. The highest BCUT2D eigenvalue weighted by Gasteiger charge is 2.09. The Balaban J connectivity index is 2.39. The lowest BCUT2D eigenvalue weighted by Gasteiger charge is -2.08. The summed E-state index contributed by atoms with van der Waals surface area (Å²) >= 11 is 0. The van der Waals surface area contributed by atoms with Crippen molar-refractivity contribution in [3.8, 4) is 11.1 Å². The molecule has 2 rings (SSSR count). The first kappa shape index (κ1) is 17.1. The molecule has 120 valence electrons. The number of halogens is 2. The molecule has 0 radical (unpaired) electrons. The van der Waals surface area contributed by atoms with E-state index in [0.717, 1.165) is 23.1 Å². The third-order valence-electron chi connectivity index (χ3n) is 4.05. The van der Waals surface area contributed by atoms with Crippen LogP contribution >= 0.6 is 0 Å². The minimum Gasteiger partial charge on any atom is -0.207 e. The fraction of sp³-hybridized carbons (Fsp3) is 0.238. The molecule has 0 fully saturated rings. The van der Waals surface area contributed by atoms with Gasteiger partial charge in [0, 0.05) is 5.56 Å². The highest BCUT2D eigenvalue weighted by molar-refractivity contribution is 5.72. The summed E-state index contributed by atoms with van der Waals surface area (Å²) in [5, 5.41) is 0. The molecule has 0 aliphatic heterocycles. The van der Waals surface area contributed by atoms with Gasteiger partial charge in [-0.3, -0.25) is 0 Å². The van der Waals surface area contributed by atoms with Gasteiger partial charge in [-0.1, -0.05) is 54.5 Å². The molecule has 0 amide bonds. The zero-order chi connectivity index (χ0) is 17.0. The maximum Gasteiger partial charge on any atom is 0.131 e. The van der Waals surface area contributed by atoms with Crippen molar-refractivity contribution in [2.75, 3.05) is 0 Å². The number of hydrogen-bond acceptors (Lipinski definition) is 0. The lowest BCUT2D eigenvalue weighted by Crippen LogP contribution is -1.90. The van der Waals surface area contributed by atoms with Gasteiger partial charge >= 0.3 is 0 Å². The second-order valence-electron chi connectivity index (χ2n) is 5.88. The van der Waals surface area contributed by atoms with Gasteiger partial charge in [0.2, 0.25) is 0 Å². The van der Waals surface area contributed by atoms with Gasteiger partial charge < -0.3 is 0 Å². The van der Waals surface area contributed by atoms with Crippen LogP contribution in [0.2, 0.25) is 0 Å². The largest absolute Gasteiger partial charge is 0.207 e. The standard InChI is InChI=1S/C21H22F2/c1-5-14(2)12-20(22)16(4)18-10-11-19(21(23)13-18)17-8-6-15(3)7-9-17/h6-13H,5H2,1-4H3/b14-12-,20-16-. The normalized spacial score (nSPS) is 13.0. The molecule has 0 aromatic heterocycles. The van der Waals surface area contributed by atoms with Crippen LogP contribution < -0.4 is 0 Å². The van der Waals surface area contributed by atoms with E-state index < -0.39 is 0 Å². The van der Waals surface area contributed by atoms with Gasteiger partial charge in [0.25, 0.3) is 0 Å². The summed E-state index contributed by atoms with van der Waals surface area (Å²) in [6.45, 7) is 7.53. The highest BCUT2D eigenvalue weighted by atomic mass is 19.1. The van der Waals surface area contributed by atoms with Crippen molar-refractivity contribution in [2.24, 2.45) is 0 Å². The summed E-state index contributed by atoms with van der Waals surface area (Å²) < 4.78 is 28.6. The highest BCUT2D eigenvalue weighted by Crippen LogP contribution is 2.28. The minimum absolute atomic E-state index is 0.313. The van der Waals surface area contributed by atoms with Crippen molar-refractivity contribution in [1.82, 2.24) is 0 Å². The van der Waals surface area contributed by atoms with E-state index in [9.17, 15) is 8.78 Å². The first-order chi connectivity index (χ1) is 10.9. The average Bonchev–Trinajstić information content (AvgIpc) is 2.54. The maximum absolute atomic E-state index is 14.4. The van der Waals surface area contributed by atoms with Crippen LogP contribution in [0.15, 0.2) is 59.9 Å². The molecule has 0 bridgehead atoms. The first-order valence-corrected chi connectivity index (χ1v) is 7.83. The van der Waals surface area contributed by atoms with E-state index in [0.29, 0.717) is 16.7 Å². The van der Waals surface area contributed by atoms with Crippen LogP contribution in [0.25, 0.3) is 16.7 Å². The lowest BCUT2D eigenvalue weighted by atomic mass is 9.99. The fourth-order valence-corrected chi connectivity index (χ4v) is 2.28.